The third-order valence-electron chi connectivity index (χ3n) is 3.06. The average molecular weight is 256 g/mol. The van der Waals surface area contributed by atoms with Crippen LogP contribution in [0.1, 0.15) is 32.3 Å². The summed E-state index contributed by atoms with van der Waals surface area (Å²) in [5.74, 6) is 0.650. The standard InChI is InChI=1S/C12H24N4S/c1-9(2)16(4)8-6-5-7-14-12-10(3)11(13)15-17-12/h9,14H,5-8H2,1-4H3,(H2,13,15). The minimum absolute atomic E-state index is 0.631. The number of nitrogen functional groups attached to an aromatic ring is 1. The maximum Gasteiger partial charge on any atom is 0.142 e. The average Bonchev–Trinajstić information content (AvgIpc) is 2.59. The van der Waals surface area contributed by atoms with Crippen molar-refractivity contribution in [1.29, 1.82) is 0 Å². The molecule has 17 heavy (non-hydrogen) atoms. The van der Waals surface area contributed by atoms with Crippen LogP contribution in [-0.2, 0) is 0 Å². The summed E-state index contributed by atoms with van der Waals surface area (Å²) in [6, 6.07) is 0.631. The van der Waals surface area contributed by atoms with Crippen molar-refractivity contribution in [2.24, 2.45) is 0 Å². The van der Waals surface area contributed by atoms with Crippen LogP contribution in [0.2, 0.25) is 0 Å². The lowest BCUT2D eigenvalue weighted by atomic mass is 10.2. The summed E-state index contributed by atoms with van der Waals surface area (Å²) >= 11 is 1.45. The third-order valence-corrected chi connectivity index (χ3v) is 3.99. The van der Waals surface area contributed by atoms with Crippen molar-refractivity contribution in [3.8, 4) is 0 Å². The predicted octanol–water partition coefficient (Wildman–Crippen LogP) is 2.57. The summed E-state index contributed by atoms with van der Waals surface area (Å²) in [4.78, 5) is 2.37. The van der Waals surface area contributed by atoms with Gasteiger partial charge in [0.05, 0.1) is 0 Å². The van der Waals surface area contributed by atoms with Crippen LogP contribution < -0.4 is 11.1 Å². The van der Waals surface area contributed by atoms with Gasteiger partial charge in [0, 0.05) is 18.2 Å². The highest BCUT2D eigenvalue weighted by Crippen LogP contribution is 2.24. The minimum atomic E-state index is 0.631. The molecule has 0 aliphatic heterocycles. The van der Waals surface area contributed by atoms with E-state index in [0.29, 0.717) is 11.9 Å². The van der Waals surface area contributed by atoms with E-state index in [1.807, 2.05) is 6.92 Å². The molecule has 0 saturated heterocycles. The van der Waals surface area contributed by atoms with Crippen molar-refractivity contribution in [2.75, 3.05) is 31.2 Å². The maximum atomic E-state index is 5.70. The summed E-state index contributed by atoms with van der Waals surface area (Å²) < 4.78 is 4.12. The number of anilines is 2. The minimum Gasteiger partial charge on any atom is -0.383 e. The molecule has 1 aromatic rings. The van der Waals surface area contributed by atoms with Gasteiger partial charge in [0.1, 0.15) is 10.8 Å². The van der Waals surface area contributed by atoms with E-state index in [1.165, 1.54) is 24.4 Å². The Morgan fingerprint density at radius 2 is 2.12 bits per heavy atom. The molecule has 5 heteroatoms. The fourth-order valence-corrected chi connectivity index (χ4v) is 2.19. The summed E-state index contributed by atoms with van der Waals surface area (Å²) in [5.41, 5.74) is 6.77. The molecule has 0 saturated carbocycles. The second kappa shape index (κ2) is 6.81. The zero-order valence-corrected chi connectivity index (χ0v) is 12.1. The Morgan fingerprint density at radius 3 is 2.65 bits per heavy atom. The molecule has 0 aliphatic carbocycles. The van der Waals surface area contributed by atoms with E-state index >= 15 is 0 Å². The third kappa shape index (κ3) is 4.52. The Balaban J connectivity index is 2.15. The first-order valence-corrected chi connectivity index (χ1v) is 6.95. The van der Waals surface area contributed by atoms with Crippen molar-refractivity contribution in [2.45, 2.75) is 39.7 Å². The first-order chi connectivity index (χ1) is 8.02. The lowest BCUT2D eigenvalue weighted by Crippen LogP contribution is -2.27. The molecule has 0 unspecified atom stereocenters. The highest BCUT2D eigenvalue weighted by Gasteiger charge is 2.05. The summed E-state index contributed by atoms with van der Waals surface area (Å²) in [7, 11) is 2.17. The number of aromatic nitrogens is 1. The normalized spacial score (nSPS) is 11.4. The monoisotopic (exact) mass is 256 g/mol. The molecule has 4 nitrogen and oxygen atoms in total. The summed E-state index contributed by atoms with van der Waals surface area (Å²) in [6.45, 7) is 8.61. The number of nitrogens with two attached hydrogens (primary N) is 1. The molecule has 0 atom stereocenters. The summed E-state index contributed by atoms with van der Waals surface area (Å²) in [5, 5.41) is 4.51. The highest BCUT2D eigenvalue weighted by molar-refractivity contribution is 7.10. The van der Waals surface area contributed by atoms with Gasteiger partial charge in [0.2, 0.25) is 0 Å². The van der Waals surface area contributed by atoms with Gasteiger partial charge in [-0.25, -0.2) is 0 Å². The molecule has 1 aromatic heterocycles. The van der Waals surface area contributed by atoms with E-state index in [4.69, 9.17) is 5.73 Å². The van der Waals surface area contributed by atoms with Gasteiger partial charge < -0.3 is 16.0 Å². The highest BCUT2D eigenvalue weighted by atomic mass is 32.1. The number of rotatable bonds is 7. The first-order valence-electron chi connectivity index (χ1n) is 6.18. The Morgan fingerprint density at radius 1 is 1.41 bits per heavy atom. The molecule has 0 aromatic carbocycles. The first kappa shape index (κ1) is 14.3. The largest absolute Gasteiger partial charge is 0.383 e. The lowest BCUT2D eigenvalue weighted by Gasteiger charge is -2.20. The van der Waals surface area contributed by atoms with Crippen LogP contribution >= 0.6 is 11.5 Å². The Kier molecular flexibility index (Phi) is 5.71. The zero-order valence-electron chi connectivity index (χ0n) is 11.3. The topological polar surface area (TPSA) is 54.2 Å². The maximum absolute atomic E-state index is 5.70. The van der Waals surface area contributed by atoms with Gasteiger partial charge in [0.25, 0.3) is 0 Å². The van der Waals surface area contributed by atoms with Gasteiger partial charge in [-0.05, 0) is 58.7 Å². The Hall–Kier alpha value is -0.810. The fraction of sp³-hybridized carbons (Fsp3) is 0.750. The SMILES string of the molecule is Cc1c(N)nsc1NCCCCN(C)C(C)C. The smallest absolute Gasteiger partial charge is 0.142 e. The molecule has 0 aliphatic rings. The number of unbranched alkanes of at least 4 members (excludes halogenated alkanes) is 1. The van der Waals surface area contributed by atoms with E-state index in [9.17, 15) is 0 Å². The quantitative estimate of drug-likeness (QED) is 0.736. The lowest BCUT2D eigenvalue weighted by molar-refractivity contribution is 0.269. The van der Waals surface area contributed by atoms with E-state index < -0.39 is 0 Å². The van der Waals surface area contributed by atoms with Crippen LogP contribution in [0.3, 0.4) is 0 Å². The van der Waals surface area contributed by atoms with Gasteiger partial charge >= 0.3 is 0 Å². The number of nitrogens with zero attached hydrogens (tertiary/aromatic N) is 2. The molecule has 0 radical (unpaired) electrons. The molecule has 0 bridgehead atoms. The molecular weight excluding hydrogens is 232 g/mol. The molecule has 0 spiro atoms. The van der Waals surface area contributed by atoms with E-state index in [0.717, 1.165) is 23.7 Å². The summed E-state index contributed by atoms with van der Waals surface area (Å²) in [6.07, 6.45) is 2.39. The van der Waals surface area contributed by atoms with Gasteiger partial charge in [0.15, 0.2) is 0 Å². The molecule has 98 valence electrons. The van der Waals surface area contributed by atoms with Gasteiger partial charge in [-0.3, -0.25) is 0 Å². The second-order valence-electron chi connectivity index (χ2n) is 4.73. The molecular formula is C12H24N4S. The Labute approximate surface area is 108 Å². The van der Waals surface area contributed by atoms with Gasteiger partial charge in [-0.1, -0.05) is 0 Å². The number of hydrogen-bond acceptors (Lipinski definition) is 5. The van der Waals surface area contributed by atoms with Crippen molar-refractivity contribution in [3.63, 3.8) is 0 Å². The fourth-order valence-electron chi connectivity index (χ4n) is 1.46. The zero-order chi connectivity index (χ0) is 12.8. The van der Waals surface area contributed by atoms with Crippen molar-refractivity contribution in [3.05, 3.63) is 5.56 Å². The van der Waals surface area contributed by atoms with Crippen LogP contribution in [0.5, 0.6) is 0 Å². The van der Waals surface area contributed by atoms with Crippen LogP contribution in [0.4, 0.5) is 10.8 Å². The van der Waals surface area contributed by atoms with Crippen LogP contribution in [0.25, 0.3) is 0 Å². The van der Waals surface area contributed by atoms with E-state index in [2.05, 4.69) is 35.5 Å². The van der Waals surface area contributed by atoms with Crippen molar-refractivity contribution in [1.82, 2.24) is 9.27 Å². The van der Waals surface area contributed by atoms with E-state index in [1.54, 1.807) is 0 Å². The predicted molar refractivity (Wildman–Crippen MR) is 76.8 cm³/mol. The number of hydrogen-bond donors (Lipinski definition) is 2. The molecule has 1 rings (SSSR count). The molecule has 0 fully saturated rings. The van der Waals surface area contributed by atoms with Crippen LogP contribution in [0.15, 0.2) is 0 Å². The van der Waals surface area contributed by atoms with Crippen LogP contribution in [0, 0.1) is 6.92 Å². The second-order valence-corrected chi connectivity index (χ2v) is 5.50. The van der Waals surface area contributed by atoms with Crippen molar-refractivity contribution >= 4 is 22.4 Å². The number of nitrogens with one attached hydrogen (secondary N) is 1. The van der Waals surface area contributed by atoms with Crippen molar-refractivity contribution < 1.29 is 0 Å². The molecule has 1 heterocycles. The van der Waals surface area contributed by atoms with Crippen LogP contribution in [-0.4, -0.2) is 35.5 Å². The van der Waals surface area contributed by atoms with Gasteiger partial charge in [-0.2, -0.15) is 4.37 Å². The Bertz CT molecular complexity index is 335. The molecule has 3 N–H and O–H groups in total. The van der Waals surface area contributed by atoms with E-state index in [-0.39, 0.29) is 0 Å². The van der Waals surface area contributed by atoms with Gasteiger partial charge in [-0.15, -0.1) is 0 Å². The molecule has 0 amide bonds.